The zero-order valence-electron chi connectivity index (χ0n) is 8.69. The number of carbonyl (C=O) groups excluding carboxylic acids is 1. The highest BCUT2D eigenvalue weighted by Gasteiger charge is 2.32. The molecule has 0 bridgehead atoms. The summed E-state index contributed by atoms with van der Waals surface area (Å²) in [5, 5.41) is 3.12. The van der Waals surface area contributed by atoms with E-state index in [0.717, 1.165) is 0 Å². The van der Waals surface area contributed by atoms with E-state index >= 15 is 0 Å². The highest BCUT2D eigenvalue weighted by molar-refractivity contribution is 5.75. The molecule has 0 aromatic rings. The molecule has 3 nitrogen and oxygen atoms in total. The molecule has 0 fully saturated rings. The van der Waals surface area contributed by atoms with Crippen molar-refractivity contribution in [1.29, 1.82) is 0 Å². The van der Waals surface area contributed by atoms with Crippen molar-refractivity contribution in [2.75, 3.05) is 6.54 Å². The van der Waals surface area contributed by atoms with Gasteiger partial charge in [0, 0.05) is 5.54 Å². The van der Waals surface area contributed by atoms with Crippen molar-refractivity contribution in [2.24, 2.45) is 11.1 Å². The summed E-state index contributed by atoms with van der Waals surface area (Å²) >= 11 is 0. The average Bonchev–Trinajstić information content (AvgIpc) is 1.81. The summed E-state index contributed by atoms with van der Waals surface area (Å²) < 4.78 is 0. The van der Waals surface area contributed by atoms with E-state index in [-0.39, 0.29) is 23.4 Å². The molecule has 0 aliphatic heterocycles. The number of carbonyl (C=O) groups is 1. The van der Waals surface area contributed by atoms with Gasteiger partial charge in [0.1, 0.15) is 0 Å². The van der Waals surface area contributed by atoms with E-state index in [2.05, 4.69) is 39.9 Å². The van der Waals surface area contributed by atoms with Gasteiger partial charge in [-0.2, -0.15) is 0 Å². The molecule has 0 aliphatic rings. The van der Waals surface area contributed by atoms with Crippen LogP contribution in [0.4, 0.5) is 0 Å². The molecular weight excluding hydrogens is 152 g/mol. The van der Waals surface area contributed by atoms with Crippen molar-refractivity contribution in [3.63, 3.8) is 0 Å². The summed E-state index contributed by atoms with van der Waals surface area (Å²) in [5.41, 5.74) is 5.07. The fourth-order valence-corrected chi connectivity index (χ4v) is 0.573. The van der Waals surface area contributed by atoms with Crippen LogP contribution in [0.3, 0.4) is 0 Å². The maximum Gasteiger partial charge on any atom is 0.231 e. The molecule has 0 aliphatic carbocycles. The molecule has 12 heavy (non-hydrogen) atoms. The van der Waals surface area contributed by atoms with Crippen LogP contribution in [0.2, 0.25) is 0 Å². The molecule has 0 saturated heterocycles. The van der Waals surface area contributed by atoms with Crippen LogP contribution in [0.25, 0.3) is 0 Å². The van der Waals surface area contributed by atoms with E-state index in [4.69, 9.17) is 5.73 Å². The molecule has 0 aromatic heterocycles. The van der Waals surface area contributed by atoms with E-state index in [1.807, 2.05) is 0 Å². The fourth-order valence-electron chi connectivity index (χ4n) is 0.573. The molecule has 1 amide bonds. The van der Waals surface area contributed by atoms with Crippen molar-refractivity contribution in [2.45, 2.75) is 40.2 Å². The van der Waals surface area contributed by atoms with Gasteiger partial charge in [0.2, 0.25) is 5.91 Å². The Hall–Kier alpha value is -0.570. The Morgan fingerprint density at radius 1 is 1.25 bits per heavy atom. The first-order valence-corrected chi connectivity index (χ1v) is 4.20. The zero-order chi connectivity index (χ0) is 9.99. The summed E-state index contributed by atoms with van der Waals surface area (Å²) in [6, 6.07) is 0. The second kappa shape index (κ2) is 3.44. The van der Waals surface area contributed by atoms with Gasteiger partial charge in [-0.05, 0) is 19.3 Å². The van der Waals surface area contributed by atoms with Crippen molar-refractivity contribution in [3.8, 4) is 0 Å². The smallest absolute Gasteiger partial charge is 0.231 e. The standard InChI is InChI=1S/C9H20N2O/c1-8(2,3)9(4,5)11-6-7(10)12/h11H,6H2,1-5H3,(H2,10,12). The fraction of sp³-hybridized carbons (Fsp3) is 0.889. The van der Waals surface area contributed by atoms with E-state index in [1.165, 1.54) is 0 Å². The summed E-state index contributed by atoms with van der Waals surface area (Å²) in [6.07, 6.45) is 0. The number of hydrogen-bond acceptors (Lipinski definition) is 2. The Balaban J connectivity index is 4.14. The zero-order valence-corrected chi connectivity index (χ0v) is 8.69. The minimum absolute atomic E-state index is 0.0813. The number of nitrogens with two attached hydrogens (primary N) is 1. The summed E-state index contributed by atoms with van der Waals surface area (Å²) in [6.45, 7) is 10.7. The molecule has 0 saturated carbocycles. The van der Waals surface area contributed by atoms with Gasteiger partial charge < -0.3 is 11.1 Å². The third-order valence-corrected chi connectivity index (χ3v) is 2.58. The Bertz CT molecular complexity index is 168. The molecule has 0 radical (unpaired) electrons. The highest BCUT2D eigenvalue weighted by Crippen LogP contribution is 2.28. The normalized spacial score (nSPS) is 13.1. The van der Waals surface area contributed by atoms with Crippen molar-refractivity contribution in [1.82, 2.24) is 5.32 Å². The van der Waals surface area contributed by atoms with Gasteiger partial charge in [-0.15, -0.1) is 0 Å². The first-order chi connectivity index (χ1) is 5.17. The maximum atomic E-state index is 10.5. The minimum Gasteiger partial charge on any atom is -0.369 e. The summed E-state index contributed by atoms with van der Waals surface area (Å²) in [5.74, 6) is -0.313. The Morgan fingerprint density at radius 2 is 1.67 bits per heavy atom. The third kappa shape index (κ3) is 3.22. The molecule has 0 heterocycles. The minimum atomic E-state index is -0.313. The van der Waals surface area contributed by atoms with Crippen LogP contribution in [0.1, 0.15) is 34.6 Å². The van der Waals surface area contributed by atoms with Gasteiger partial charge in [0.25, 0.3) is 0 Å². The number of amides is 1. The van der Waals surface area contributed by atoms with Crippen LogP contribution in [-0.2, 0) is 4.79 Å². The van der Waals surface area contributed by atoms with E-state index in [0.29, 0.717) is 0 Å². The van der Waals surface area contributed by atoms with E-state index < -0.39 is 0 Å². The molecule has 3 heteroatoms. The lowest BCUT2D eigenvalue weighted by Gasteiger charge is -2.39. The number of nitrogens with one attached hydrogen (secondary N) is 1. The molecular formula is C9H20N2O. The number of rotatable bonds is 3. The number of primary amides is 1. The average molecular weight is 172 g/mol. The van der Waals surface area contributed by atoms with E-state index in [9.17, 15) is 4.79 Å². The Kier molecular flexibility index (Phi) is 3.27. The van der Waals surface area contributed by atoms with Crippen LogP contribution in [0.15, 0.2) is 0 Å². The largest absolute Gasteiger partial charge is 0.369 e. The van der Waals surface area contributed by atoms with Crippen molar-refractivity contribution in [3.05, 3.63) is 0 Å². The lowest BCUT2D eigenvalue weighted by Crippen LogP contribution is -2.52. The van der Waals surface area contributed by atoms with Crippen LogP contribution in [-0.4, -0.2) is 18.0 Å². The van der Waals surface area contributed by atoms with Crippen LogP contribution < -0.4 is 11.1 Å². The quantitative estimate of drug-likeness (QED) is 0.664. The molecule has 0 rings (SSSR count). The second-order valence-corrected chi connectivity index (χ2v) is 4.69. The third-order valence-electron chi connectivity index (χ3n) is 2.58. The first-order valence-electron chi connectivity index (χ1n) is 4.20. The predicted molar refractivity (Wildman–Crippen MR) is 50.7 cm³/mol. The van der Waals surface area contributed by atoms with Gasteiger partial charge in [0.15, 0.2) is 0 Å². The van der Waals surface area contributed by atoms with E-state index in [1.54, 1.807) is 0 Å². The topological polar surface area (TPSA) is 55.1 Å². The van der Waals surface area contributed by atoms with Crippen molar-refractivity contribution >= 4 is 5.91 Å². The lowest BCUT2D eigenvalue weighted by molar-refractivity contribution is -0.117. The van der Waals surface area contributed by atoms with Crippen LogP contribution in [0, 0.1) is 5.41 Å². The Morgan fingerprint density at radius 3 is 1.92 bits per heavy atom. The summed E-state index contributed by atoms with van der Waals surface area (Å²) in [4.78, 5) is 10.5. The molecule has 0 aromatic carbocycles. The van der Waals surface area contributed by atoms with Gasteiger partial charge in [0.05, 0.1) is 6.54 Å². The predicted octanol–water partition coefficient (Wildman–Crippen LogP) is 0.886. The monoisotopic (exact) mass is 172 g/mol. The molecule has 0 unspecified atom stereocenters. The SMILES string of the molecule is CC(C)(C)C(C)(C)NCC(N)=O. The number of hydrogen-bond donors (Lipinski definition) is 2. The van der Waals surface area contributed by atoms with Crippen molar-refractivity contribution < 1.29 is 4.79 Å². The molecule has 72 valence electrons. The van der Waals surface area contributed by atoms with Gasteiger partial charge >= 0.3 is 0 Å². The highest BCUT2D eigenvalue weighted by atomic mass is 16.1. The van der Waals surface area contributed by atoms with Gasteiger partial charge in [-0.3, -0.25) is 4.79 Å². The first kappa shape index (κ1) is 11.4. The van der Waals surface area contributed by atoms with Gasteiger partial charge in [-0.1, -0.05) is 20.8 Å². The van der Waals surface area contributed by atoms with Crippen LogP contribution in [0.5, 0.6) is 0 Å². The van der Waals surface area contributed by atoms with Gasteiger partial charge in [-0.25, -0.2) is 0 Å². The molecule has 3 N–H and O–H groups in total. The summed E-state index contributed by atoms with van der Waals surface area (Å²) in [7, 11) is 0. The molecule has 0 spiro atoms. The second-order valence-electron chi connectivity index (χ2n) is 4.69. The maximum absolute atomic E-state index is 10.5. The lowest BCUT2D eigenvalue weighted by atomic mass is 9.76. The van der Waals surface area contributed by atoms with Crippen LogP contribution >= 0.6 is 0 Å². The molecule has 0 atom stereocenters. The Labute approximate surface area is 74.7 Å².